The number of hydrogen-bond donors (Lipinski definition) is 2. The van der Waals surface area contributed by atoms with Gasteiger partial charge in [-0.05, 0) is 43.0 Å². The number of nitrogens with one attached hydrogen (secondary N) is 2. The Labute approximate surface area is 218 Å². The first-order valence-electron chi connectivity index (χ1n) is 12.9. The summed E-state index contributed by atoms with van der Waals surface area (Å²) in [5.41, 5.74) is -1.07. The van der Waals surface area contributed by atoms with Crippen LogP contribution in [0.5, 0.6) is 0 Å². The largest absolute Gasteiger partial charge is 0.354 e. The van der Waals surface area contributed by atoms with E-state index >= 15 is 4.39 Å². The van der Waals surface area contributed by atoms with Gasteiger partial charge in [-0.15, -0.1) is 0 Å². The lowest BCUT2D eigenvalue weighted by molar-refractivity contribution is -0.118. The highest BCUT2D eigenvalue weighted by Crippen LogP contribution is 2.45. The third kappa shape index (κ3) is 6.25. The number of rotatable bonds is 7. The van der Waals surface area contributed by atoms with Crippen molar-refractivity contribution in [3.63, 3.8) is 0 Å². The number of amides is 1. The van der Waals surface area contributed by atoms with E-state index < -0.39 is 23.4 Å². The Bertz CT molecular complexity index is 1110. The molecule has 1 amide bonds. The van der Waals surface area contributed by atoms with Crippen molar-refractivity contribution in [1.82, 2.24) is 15.3 Å². The van der Waals surface area contributed by atoms with Crippen LogP contribution >= 0.6 is 0 Å². The van der Waals surface area contributed by atoms with Gasteiger partial charge in [-0.25, -0.2) is 23.1 Å². The van der Waals surface area contributed by atoms with Crippen LogP contribution in [0.15, 0.2) is 24.4 Å². The van der Waals surface area contributed by atoms with Crippen molar-refractivity contribution < 1.29 is 18.0 Å². The fraction of sp³-hybridized carbons (Fsp3) is 0.607. The maximum Gasteiger partial charge on any atom is 0.245 e. The normalized spacial score (nSPS) is 19.2. The second-order valence-corrected chi connectivity index (χ2v) is 11.5. The number of pyridine rings is 2. The van der Waals surface area contributed by atoms with Crippen molar-refractivity contribution in [2.45, 2.75) is 79.4 Å². The van der Waals surface area contributed by atoms with Crippen LogP contribution in [0.4, 0.5) is 24.8 Å². The first-order valence-corrected chi connectivity index (χ1v) is 12.9. The summed E-state index contributed by atoms with van der Waals surface area (Å²) in [5.74, 6) is -1.25. The van der Waals surface area contributed by atoms with Crippen molar-refractivity contribution in [1.29, 1.82) is 0 Å². The molecule has 6 nitrogen and oxygen atoms in total. The Morgan fingerprint density at radius 2 is 1.86 bits per heavy atom. The van der Waals surface area contributed by atoms with Gasteiger partial charge in [-0.2, -0.15) is 0 Å². The lowest BCUT2D eigenvalue weighted by atomic mass is 9.75. The molecule has 204 valence electrons. The van der Waals surface area contributed by atoms with E-state index in [1.807, 2.05) is 20.8 Å². The maximum atomic E-state index is 16.3. The molecule has 0 aromatic carbocycles. The minimum Gasteiger partial charge on any atom is -0.354 e. The zero-order valence-electron chi connectivity index (χ0n) is 23.1. The number of anilines is 2. The molecule has 0 spiro atoms. The highest BCUT2D eigenvalue weighted by molar-refractivity contribution is 5.93. The maximum absolute atomic E-state index is 16.3. The van der Waals surface area contributed by atoms with Crippen LogP contribution in [0.2, 0.25) is 0 Å². The number of hydrogen-bond acceptors (Lipinski definition) is 5. The first kappa shape index (κ1) is 28.9. The summed E-state index contributed by atoms with van der Waals surface area (Å²) < 4.78 is 44.5. The summed E-state index contributed by atoms with van der Waals surface area (Å²) in [6.45, 7) is 16.1. The number of nitrogens with zero attached hydrogens (tertiary/aromatic N) is 3. The number of aromatic nitrogens is 2. The Morgan fingerprint density at radius 1 is 1.19 bits per heavy atom. The predicted molar refractivity (Wildman–Crippen MR) is 143 cm³/mol. The molecule has 1 fully saturated rings. The highest BCUT2D eigenvalue weighted by Gasteiger charge is 2.40. The zero-order valence-corrected chi connectivity index (χ0v) is 23.1. The molecule has 0 radical (unpaired) electrons. The molecule has 3 atom stereocenters. The van der Waals surface area contributed by atoms with E-state index in [1.54, 1.807) is 39.0 Å². The van der Waals surface area contributed by atoms with Gasteiger partial charge in [0, 0.05) is 54.8 Å². The molecule has 1 aliphatic heterocycles. The van der Waals surface area contributed by atoms with Gasteiger partial charge >= 0.3 is 0 Å². The number of carbonyl (C=O) groups excluding carboxylic acids is 1. The lowest BCUT2D eigenvalue weighted by Gasteiger charge is -2.37. The molecule has 2 aromatic rings. The SMILES string of the molecule is CC1CN(c2cc(C(C)(F)C(C)(C)C)cc(-c3ccnc(NC(=O)C(C)C)c3C(C)C(F)F)n2)CCN1. The second-order valence-electron chi connectivity index (χ2n) is 11.5. The van der Waals surface area contributed by atoms with Gasteiger partial charge in [0.15, 0.2) is 0 Å². The molecule has 3 heterocycles. The molecule has 3 rings (SSSR count). The molecule has 0 aliphatic carbocycles. The summed E-state index contributed by atoms with van der Waals surface area (Å²) >= 11 is 0. The quantitative estimate of drug-likeness (QED) is 0.460. The van der Waals surface area contributed by atoms with Crippen LogP contribution in [0.1, 0.15) is 72.4 Å². The third-order valence-electron chi connectivity index (χ3n) is 7.32. The Hall–Kier alpha value is -2.68. The lowest BCUT2D eigenvalue weighted by Crippen LogP contribution is -2.49. The van der Waals surface area contributed by atoms with E-state index in [1.165, 1.54) is 13.1 Å². The summed E-state index contributed by atoms with van der Waals surface area (Å²) in [6.07, 6.45) is -1.23. The van der Waals surface area contributed by atoms with E-state index in [2.05, 4.69) is 27.4 Å². The van der Waals surface area contributed by atoms with Crippen LogP contribution in [0.25, 0.3) is 11.3 Å². The molecule has 37 heavy (non-hydrogen) atoms. The molecule has 0 bridgehead atoms. The van der Waals surface area contributed by atoms with Gasteiger partial charge in [0.25, 0.3) is 0 Å². The number of piperazine rings is 1. The monoisotopic (exact) mass is 519 g/mol. The Balaban J connectivity index is 2.28. The van der Waals surface area contributed by atoms with Crippen LogP contribution in [0, 0.1) is 11.3 Å². The van der Waals surface area contributed by atoms with E-state index in [0.29, 0.717) is 35.7 Å². The second kappa shape index (κ2) is 11.0. The van der Waals surface area contributed by atoms with Crippen LogP contribution < -0.4 is 15.5 Å². The van der Waals surface area contributed by atoms with Crippen molar-refractivity contribution >= 4 is 17.5 Å². The standard InChI is InChI=1S/C28H40F3N5O/c1-16(2)26(37)35-25-23(18(4)24(29)30)20(9-10-33-25)21-13-19(28(8,31)27(5,6)7)14-22(34-21)36-12-11-32-17(3)15-36/h9-10,13-14,16-18,24,32H,11-12,15H2,1-8H3,(H,33,35,37). The van der Waals surface area contributed by atoms with Gasteiger partial charge in [0.1, 0.15) is 17.3 Å². The van der Waals surface area contributed by atoms with Gasteiger partial charge in [-0.3, -0.25) is 4.79 Å². The minimum atomic E-state index is -2.70. The number of alkyl halides is 3. The Morgan fingerprint density at radius 3 is 2.43 bits per heavy atom. The summed E-state index contributed by atoms with van der Waals surface area (Å²) in [5, 5.41) is 6.10. The van der Waals surface area contributed by atoms with Crippen LogP contribution in [0.3, 0.4) is 0 Å². The van der Waals surface area contributed by atoms with Gasteiger partial charge < -0.3 is 15.5 Å². The highest BCUT2D eigenvalue weighted by atomic mass is 19.3. The molecular weight excluding hydrogens is 479 g/mol. The van der Waals surface area contributed by atoms with Crippen molar-refractivity contribution in [2.24, 2.45) is 11.3 Å². The molecule has 9 heteroatoms. The van der Waals surface area contributed by atoms with E-state index in [9.17, 15) is 13.6 Å². The fourth-order valence-corrected chi connectivity index (χ4v) is 4.30. The first-order chi connectivity index (χ1) is 17.1. The van der Waals surface area contributed by atoms with Crippen molar-refractivity contribution in [2.75, 3.05) is 29.9 Å². The average Bonchev–Trinajstić information content (AvgIpc) is 2.82. The Kier molecular flexibility index (Phi) is 8.57. The molecule has 1 aliphatic rings. The van der Waals surface area contributed by atoms with Crippen molar-refractivity contribution in [3.8, 4) is 11.3 Å². The molecule has 1 saturated heterocycles. The fourth-order valence-electron chi connectivity index (χ4n) is 4.30. The van der Waals surface area contributed by atoms with E-state index in [0.717, 1.165) is 6.54 Å². The van der Waals surface area contributed by atoms with E-state index in [-0.39, 0.29) is 29.2 Å². The molecule has 2 N–H and O–H groups in total. The van der Waals surface area contributed by atoms with E-state index in [4.69, 9.17) is 4.98 Å². The number of halogens is 3. The summed E-state index contributed by atoms with van der Waals surface area (Å²) in [7, 11) is 0. The van der Waals surface area contributed by atoms with Crippen LogP contribution in [-0.2, 0) is 10.5 Å². The molecular formula is C28H40F3N5O. The summed E-state index contributed by atoms with van der Waals surface area (Å²) in [4.78, 5) is 23.7. The van der Waals surface area contributed by atoms with Crippen LogP contribution in [-0.4, -0.2) is 48.0 Å². The molecule has 3 unspecified atom stereocenters. The van der Waals surface area contributed by atoms with Gasteiger partial charge in [-0.1, -0.05) is 41.5 Å². The van der Waals surface area contributed by atoms with Gasteiger partial charge in [0.2, 0.25) is 12.3 Å². The zero-order chi connectivity index (χ0) is 27.7. The topological polar surface area (TPSA) is 70.2 Å². The smallest absolute Gasteiger partial charge is 0.245 e. The van der Waals surface area contributed by atoms with Gasteiger partial charge in [0.05, 0.1) is 5.69 Å². The third-order valence-corrected chi connectivity index (χ3v) is 7.32. The average molecular weight is 520 g/mol. The molecule has 2 aromatic heterocycles. The van der Waals surface area contributed by atoms with Crippen molar-refractivity contribution in [3.05, 3.63) is 35.5 Å². The predicted octanol–water partition coefficient (Wildman–Crippen LogP) is 6.14. The minimum absolute atomic E-state index is 0.0763. The molecule has 0 saturated carbocycles. The summed E-state index contributed by atoms with van der Waals surface area (Å²) in [6, 6.07) is 5.24. The number of carbonyl (C=O) groups is 1.